The average Bonchev–Trinajstić information content (AvgIpc) is 3.48. The highest BCUT2D eigenvalue weighted by Crippen LogP contribution is 2.39. The Hall–Kier alpha value is -2.43. The van der Waals surface area contributed by atoms with Gasteiger partial charge in [0.05, 0.1) is 16.0 Å². The highest BCUT2D eigenvalue weighted by atomic mass is 32.1. The minimum atomic E-state index is -0.501. The second-order valence-corrected chi connectivity index (χ2v) is 14.0. The van der Waals surface area contributed by atoms with Crippen LogP contribution < -0.4 is 16.0 Å². The van der Waals surface area contributed by atoms with Gasteiger partial charge in [0, 0.05) is 36.2 Å². The number of likely N-dealkylation sites (tertiary alicyclic amines) is 1. The Bertz CT molecular complexity index is 1110. The summed E-state index contributed by atoms with van der Waals surface area (Å²) in [6.45, 7) is 14.9. The lowest BCUT2D eigenvalue weighted by Gasteiger charge is -2.38. The Morgan fingerprint density at radius 1 is 0.872 bits per heavy atom. The van der Waals surface area contributed by atoms with Crippen LogP contribution in [0, 0.1) is 11.8 Å². The number of hydrogen-bond donors (Lipinski definition) is 3. The van der Waals surface area contributed by atoms with Crippen LogP contribution in [0.5, 0.6) is 0 Å². The van der Waals surface area contributed by atoms with Crippen molar-refractivity contribution in [3.8, 4) is 0 Å². The maximum atomic E-state index is 12.6. The lowest BCUT2D eigenvalue weighted by atomic mass is 9.94. The summed E-state index contributed by atoms with van der Waals surface area (Å²) in [6.07, 6.45) is 4.22. The van der Waals surface area contributed by atoms with Crippen molar-refractivity contribution in [3.63, 3.8) is 0 Å². The molecule has 2 fully saturated rings. The van der Waals surface area contributed by atoms with Crippen LogP contribution in [0.25, 0.3) is 0 Å². The Labute approximate surface area is 240 Å². The quantitative estimate of drug-likeness (QED) is 0.358. The van der Waals surface area contributed by atoms with E-state index < -0.39 is 5.60 Å². The fraction of sp³-hybridized carbons (Fsp3) is 0.621. The smallest absolute Gasteiger partial charge is 0.410 e. The zero-order chi connectivity index (χ0) is 28.7. The third-order valence-electron chi connectivity index (χ3n) is 6.63. The topological polar surface area (TPSA) is 99.8 Å². The molecule has 39 heavy (non-hydrogen) atoms. The molecule has 2 aromatic heterocycles. The van der Waals surface area contributed by atoms with Crippen molar-refractivity contribution in [2.24, 2.45) is 11.8 Å². The first-order valence-corrected chi connectivity index (χ1v) is 15.4. The number of amides is 3. The molecule has 0 aliphatic carbocycles. The fourth-order valence-corrected chi connectivity index (χ4v) is 6.93. The van der Waals surface area contributed by atoms with Gasteiger partial charge in [0.25, 0.3) is 0 Å². The predicted molar refractivity (Wildman–Crippen MR) is 160 cm³/mol. The minimum Gasteiger partial charge on any atom is -0.444 e. The van der Waals surface area contributed by atoms with E-state index in [-0.39, 0.29) is 23.9 Å². The fourth-order valence-electron chi connectivity index (χ4n) is 4.77. The number of thiophene rings is 2. The van der Waals surface area contributed by atoms with Gasteiger partial charge in [-0.2, -0.15) is 0 Å². The first kappa shape index (κ1) is 31.1. The van der Waals surface area contributed by atoms with E-state index in [9.17, 15) is 14.4 Å². The standard InChI is InChI=1S/C17H26N2O3S.C12H18N2OS/c1-11-6-7-13(14-8-9-15(23-14)18-12(2)20)19(10-11)16(21)22-17(3,4)5;1-8-3-4-10(13-7-8)11-5-6-12(16-11)14-9(2)15/h8-9,11,13H,6-7,10H2,1-5H3,(H,18,20);5-6,8,10,13H,3-4,7H2,1-2H3,(H,14,15). The molecule has 10 heteroatoms. The molecule has 2 saturated heterocycles. The maximum Gasteiger partial charge on any atom is 0.410 e. The van der Waals surface area contributed by atoms with E-state index in [4.69, 9.17) is 4.74 Å². The number of anilines is 2. The molecule has 4 rings (SSSR count). The number of ether oxygens (including phenoxy) is 1. The molecule has 3 N–H and O–H groups in total. The number of piperidine rings is 2. The van der Waals surface area contributed by atoms with Gasteiger partial charge in [0.2, 0.25) is 11.8 Å². The summed E-state index contributed by atoms with van der Waals surface area (Å²) in [5, 5.41) is 10.9. The molecule has 2 aromatic rings. The van der Waals surface area contributed by atoms with E-state index >= 15 is 0 Å². The Kier molecular flexibility index (Phi) is 11.0. The number of rotatable bonds is 4. The van der Waals surface area contributed by atoms with Crippen molar-refractivity contribution < 1.29 is 19.1 Å². The van der Waals surface area contributed by atoms with Gasteiger partial charge in [0.15, 0.2) is 0 Å². The summed E-state index contributed by atoms with van der Waals surface area (Å²) < 4.78 is 5.57. The molecule has 3 amide bonds. The monoisotopic (exact) mass is 576 g/mol. The molecule has 216 valence electrons. The number of nitrogens with one attached hydrogen (secondary N) is 3. The second-order valence-electron chi connectivity index (χ2n) is 11.7. The number of carbonyl (C=O) groups excluding carboxylic acids is 3. The average molecular weight is 577 g/mol. The third-order valence-corrected chi connectivity index (χ3v) is 8.85. The van der Waals surface area contributed by atoms with Crippen LogP contribution in [0.4, 0.5) is 14.8 Å². The molecular formula is C29H44N4O4S2. The number of nitrogens with zero attached hydrogens (tertiary/aromatic N) is 1. The Morgan fingerprint density at radius 2 is 1.44 bits per heavy atom. The second kappa shape index (κ2) is 13.8. The normalized spacial score (nSPS) is 23.3. The molecular weight excluding hydrogens is 532 g/mol. The molecule has 2 aliphatic rings. The van der Waals surface area contributed by atoms with Gasteiger partial charge in [-0.1, -0.05) is 13.8 Å². The summed E-state index contributed by atoms with van der Waals surface area (Å²) >= 11 is 3.20. The molecule has 0 spiro atoms. The molecule has 0 radical (unpaired) electrons. The minimum absolute atomic E-state index is 0.00127. The molecule has 4 atom stereocenters. The van der Waals surface area contributed by atoms with Crippen molar-refractivity contribution >= 4 is 50.6 Å². The van der Waals surface area contributed by atoms with E-state index in [2.05, 4.69) is 35.9 Å². The van der Waals surface area contributed by atoms with Crippen LogP contribution in [0.2, 0.25) is 0 Å². The van der Waals surface area contributed by atoms with Crippen molar-refractivity contribution in [1.29, 1.82) is 0 Å². The zero-order valence-electron chi connectivity index (χ0n) is 24.3. The summed E-state index contributed by atoms with van der Waals surface area (Å²) in [5.41, 5.74) is -0.501. The van der Waals surface area contributed by atoms with Crippen molar-refractivity contribution in [3.05, 3.63) is 34.0 Å². The van der Waals surface area contributed by atoms with Crippen LogP contribution in [0.15, 0.2) is 24.3 Å². The van der Waals surface area contributed by atoms with Gasteiger partial charge in [0.1, 0.15) is 5.60 Å². The largest absolute Gasteiger partial charge is 0.444 e. The van der Waals surface area contributed by atoms with Crippen molar-refractivity contribution in [2.75, 3.05) is 23.7 Å². The van der Waals surface area contributed by atoms with Gasteiger partial charge in [-0.3, -0.25) is 9.59 Å². The zero-order valence-corrected chi connectivity index (χ0v) is 25.9. The van der Waals surface area contributed by atoms with Crippen LogP contribution in [0.1, 0.15) is 96.0 Å². The third kappa shape index (κ3) is 9.92. The van der Waals surface area contributed by atoms with E-state index in [1.165, 1.54) is 36.0 Å². The van der Waals surface area contributed by atoms with Crippen LogP contribution in [0.3, 0.4) is 0 Å². The molecule has 0 saturated carbocycles. The van der Waals surface area contributed by atoms with Gasteiger partial charge in [-0.15, -0.1) is 22.7 Å². The van der Waals surface area contributed by atoms with Crippen molar-refractivity contribution in [2.45, 2.75) is 91.8 Å². The van der Waals surface area contributed by atoms with Gasteiger partial charge in [-0.05, 0) is 89.1 Å². The summed E-state index contributed by atoms with van der Waals surface area (Å²) in [5.74, 6) is 1.16. The van der Waals surface area contributed by atoms with E-state index in [1.54, 1.807) is 18.3 Å². The number of carbonyl (C=O) groups is 3. The lowest BCUT2D eigenvalue weighted by molar-refractivity contribution is -0.115. The highest BCUT2D eigenvalue weighted by Gasteiger charge is 2.34. The van der Waals surface area contributed by atoms with E-state index in [0.29, 0.717) is 18.5 Å². The van der Waals surface area contributed by atoms with Crippen molar-refractivity contribution in [1.82, 2.24) is 10.2 Å². The molecule has 0 aromatic carbocycles. The summed E-state index contributed by atoms with van der Waals surface area (Å²) in [6, 6.07) is 8.49. The van der Waals surface area contributed by atoms with Gasteiger partial charge in [-0.25, -0.2) is 4.79 Å². The SMILES string of the molecule is CC(=O)Nc1ccc(C2CCC(C)CN2)s1.CC(=O)Nc1ccc(C2CCC(C)CN2C(=O)OC(C)(C)C)s1. The maximum absolute atomic E-state index is 12.6. The van der Waals surface area contributed by atoms with E-state index in [1.807, 2.05) is 43.9 Å². The highest BCUT2D eigenvalue weighted by molar-refractivity contribution is 7.16. The van der Waals surface area contributed by atoms with Crippen LogP contribution >= 0.6 is 22.7 Å². The van der Waals surface area contributed by atoms with Gasteiger partial charge >= 0.3 is 6.09 Å². The van der Waals surface area contributed by atoms with E-state index in [0.717, 1.165) is 40.2 Å². The summed E-state index contributed by atoms with van der Waals surface area (Å²) in [7, 11) is 0. The predicted octanol–water partition coefficient (Wildman–Crippen LogP) is 7.18. The Morgan fingerprint density at radius 3 is 1.97 bits per heavy atom. The van der Waals surface area contributed by atoms with Gasteiger partial charge < -0.3 is 25.6 Å². The first-order chi connectivity index (χ1) is 18.3. The molecule has 4 unspecified atom stereocenters. The van der Waals surface area contributed by atoms with Crippen LogP contribution in [-0.2, 0) is 14.3 Å². The first-order valence-electron chi connectivity index (χ1n) is 13.8. The lowest BCUT2D eigenvalue weighted by Crippen LogP contribution is -2.44. The Balaban J connectivity index is 0.000000230. The summed E-state index contributed by atoms with van der Waals surface area (Å²) in [4.78, 5) is 38.9. The van der Waals surface area contributed by atoms with Crippen LogP contribution in [-0.4, -0.2) is 41.5 Å². The molecule has 2 aliphatic heterocycles. The number of hydrogen-bond acceptors (Lipinski definition) is 7. The molecule has 0 bridgehead atoms. The molecule has 4 heterocycles. The molecule has 8 nitrogen and oxygen atoms in total.